The summed E-state index contributed by atoms with van der Waals surface area (Å²) in [7, 11) is 0. The standard InChI is InChI=1S/C8H15F2O4.C2H5.Rf/c9-8(10)6-14-5-7(12)4-13-3-1-2-11;1-2;/h7,11-12H,1-6H2;1H2,2H3;/q2*-1;. The van der Waals surface area contributed by atoms with Crippen molar-refractivity contribution in [1.29, 1.82) is 0 Å². The Labute approximate surface area is 95.2 Å². The molecule has 0 amide bonds. The van der Waals surface area contributed by atoms with Crippen molar-refractivity contribution in [3.05, 3.63) is 13.3 Å². The monoisotopic (exact) mass is 509 g/mol. The van der Waals surface area contributed by atoms with Crippen LogP contribution in [0.5, 0.6) is 0 Å². The van der Waals surface area contributed by atoms with Gasteiger partial charge in [-0.1, -0.05) is 0 Å². The van der Waals surface area contributed by atoms with Gasteiger partial charge in [-0.3, -0.25) is 0 Å². The third-order valence-corrected chi connectivity index (χ3v) is 1.28. The van der Waals surface area contributed by atoms with Crippen LogP contribution in [-0.2, 0) is 9.47 Å². The Morgan fingerprint density at radius 3 is 2.24 bits per heavy atom. The molecule has 2 N–H and O–H groups in total. The molecule has 1 atom stereocenters. The molecule has 0 spiro atoms. The zero-order valence-corrected chi connectivity index (χ0v) is 16.6. The van der Waals surface area contributed by atoms with Gasteiger partial charge in [0.05, 0.1) is 13.2 Å². The summed E-state index contributed by atoms with van der Waals surface area (Å²) in [5.74, 6) is 0. The molecule has 4 nitrogen and oxygen atoms in total. The molecule has 0 rings (SSSR count). The number of hydrogen-bond donors (Lipinski definition) is 2. The maximum absolute atomic E-state index is 11.5. The van der Waals surface area contributed by atoms with Gasteiger partial charge in [-0.05, 0) is 13.0 Å². The molecular weight excluding hydrogens is 489 g/mol. The van der Waals surface area contributed by atoms with E-state index in [-0.39, 0.29) is 19.8 Å². The van der Waals surface area contributed by atoms with Crippen molar-refractivity contribution in [1.82, 2.24) is 0 Å². The topological polar surface area (TPSA) is 58.9 Å². The molecule has 0 bridgehead atoms. The SMILES string of the molecule is OCCCOCC(O)COC[C-](F)F.[CH2-]C.[Rf]. The number of halogens is 2. The van der Waals surface area contributed by atoms with E-state index in [1.54, 1.807) is 6.92 Å². The third kappa shape index (κ3) is 20.7. The molecule has 0 aromatic heterocycles. The van der Waals surface area contributed by atoms with E-state index in [1.807, 2.05) is 0 Å². The van der Waals surface area contributed by atoms with Crippen LogP contribution in [0.15, 0.2) is 0 Å². The van der Waals surface area contributed by atoms with Crippen molar-refractivity contribution < 1.29 is 28.5 Å². The normalized spacial score (nSPS) is 11.5. The second kappa shape index (κ2) is 17.1. The number of ether oxygens (including phenoxy) is 2. The smallest absolute Gasteiger partial charge is 0.100 e. The van der Waals surface area contributed by atoms with Gasteiger partial charge in [0.1, 0.15) is 6.10 Å². The largest absolute Gasteiger partial charge is 0.419 e. The van der Waals surface area contributed by atoms with Crippen molar-refractivity contribution in [2.24, 2.45) is 0 Å². The van der Waals surface area contributed by atoms with Crippen molar-refractivity contribution in [3.8, 4) is 0 Å². The molecule has 102 valence electrons. The van der Waals surface area contributed by atoms with Crippen molar-refractivity contribution >= 4 is 0 Å². The summed E-state index contributed by atoms with van der Waals surface area (Å²) in [5.41, 5.74) is 0. The maximum atomic E-state index is 11.5. The molecule has 0 saturated heterocycles. The van der Waals surface area contributed by atoms with E-state index in [1.165, 1.54) is 0 Å². The van der Waals surface area contributed by atoms with Crippen LogP contribution >= 0.6 is 0 Å². The van der Waals surface area contributed by atoms with Crippen molar-refractivity contribution in [3.63, 3.8) is 0 Å². The van der Waals surface area contributed by atoms with Gasteiger partial charge in [0.2, 0.25) is 0 Å². The molecule has 0 radical (unpaired) electrons. The average Bonchev–Trinajstić information content (AvgIpc) is 2.27. The van der Waals surface area contributed by atoms with E-state index in [4.69, 9.17) is 14.9 Å². The van der Waals surface area contributed by atoms with E-state index in [0.717, 1.165) is 0 Å². The van der Waals surface area contributed by atoms with E-state index in [2.05, 4.69) is 11.7 Å². The fourth-order valence-corrected chi connectivity index (χ4v) is 0.706. The van der Waals surface area contributed by atoms with Crippen LogP contribution in [0, 0.1) is 13.3 Å². The van der Waals surface area contributed by atoms with E-state index < -0.39 is 19.1 Å². The fraction of sp³-hybridized carbons (Fsp3) is 0.800. The second-order valence-corrected chi connectivity index (χ2v) is 2.66. The summed E-state index contributed by atoms with van der Waals surface area (Å²) >= 11 is 0. The molecule has 0 fully saturated rings. The molecule has 0 aliphatic carbocycles. The predicted octanol–water partition coefficient (Wildman–Crippen LogP) is 1.03. The summed E-state index contributed by atoms with van der Waals surface area (Å²) in [6.45, 7) is 4.43. The van der Waals surface area contributed by atoms with Crippen LogP contribution in [0.3, 0.4) is 0 Å². The summed E-state index contributed by atoms with van der Waals surface area (Å²) in [6, 6.07) is 0. The van der Waals surface area contributed by atoms with Gasteiger partial charge in [0.15, 0.2) is 0 Å². The quantitative estimate of drug-likeness (QED) is 0.361. The molecule has 0 aromatic carbocycles. The Morgan fingerprint density at radius 1 is 1.24 bits per heavy atom. The van der Waals surface area contributed by atoms with Gasteiger partial charge in [-0.2, -0.15) is 6.92 Å². The molecule has 0 saturated carbocycles. The fourth-order valence-electron chi connectivity index (χ4n) is 0.706. The number of hydrogen-bond acceptors (Lipinski definition) is 4. The molecule has 0 aliphatic heterocycles. The van der Waals surface area contributed by atoms with Crippen molar-refractivity contribution in [2.45, 2.75) is 19.4 Å². The summed E-state index contributed by atoms with van der Waals surface area (Å²) in [5, 5.41) is 17.5. The molecular formula is C10H20F2O4Rf-2. The Balaban J connectivity index is -0.000000616. The zero-order valence-electron chi connectivity index (χ0n) is 10.2. The zero-order chi connectivity index (χ0) is 12.8. The first-order valence-corrected chi connectivity index (χ1v) is 4.98. The average molecular weight is 509 g/mol. The second-order valence-electron chi connectivity index (χ2n) is 2.66. The van der Waals surface area contributed by atoms with Gasteiger partial charge < -0.3 is 35.4 Å². The van der Waals surface area contributed by atoms with Crippen LogP contribution in [0.1, 0.15) is 13.3 Å². The Hall–Kier alpha value is -1.30. The van der Waals surface area contributed by atoms with Gasteiger partial charge >= 0.3 is 0 Å². The summed E-state index contributed by atoms with van der Waals surface area (Å²) < 4.78 is 32.3. The van der Waals surface area contributed by atoms with Crippen LogP contribution in [0.4, 0.5) is 8.78 Å². The first-order chi connectivity index (χ1) is 7.66. The van der Waals surface area contributed by atoms with Crippen LogP contribution in [0.2, 0.25) is 0 Å². The molecule has 1 unspecified atom stereocenters. The third-order valence-electron chi connectivity index (χ3n) is 1.28. The molecule has 0 aromatic rings. The van der Waals surface area contributed by atoms with Gasteiger partial charge in [-0.25, -0.2) is 0 Å². The molecule has 0 aliphatic rings. The van der Waals surface area contributed by atoms with Gasteiger partial charge in [0, 0.05) is 19.6 Å². The van der Waals surface area contributed by atoms with Crippen molar-refractivity contribution in [2.75, 3.05) is 33.0 Å². The number of rotatable bonds is 9. The first-order valence-electron chi connectivity index (χ1n) is 4.98. The van der Waals surface area contributed by atoms with Crippen LogP contribution < -0.4 is 0 Å². The van der Waals surface area contributed by atoms with Crippen LogP contribution in [-0.4, -0.2) is 49.4 Å². The first kappa shape index (κ1) is 21.0. The molecule has 17 heavy (non-hydrogen) atoms. The maximum Gasteiger partial charge on any atom is 0.100 e. The Bertz CT molecular complexity index is 131. The van der Waals surface area contributed by atoms with E-state index >= 15 is 0 Å². The minimum absolute atomic E-state index is 0. The number of aliphatic hydroxyl groups excluding tert-OH is 2. The van der Waals surface area contributed by atoms with E-state index in [9.17, 15) is 8.78 Å². The Kier molecular flexibility index (Phi) is 21.2. The molecule has 7 heteroatoms. The minimum Gasteiger partial charge on any atom is -0.419 e. The minimum atomic E-state index is -1.82. The predicted molar refractivity (Wildman–Crippen MR) is 55.8 cm³/mol. The Morgan fingerprint density at radius 2 is 1.76 bits per heavy atom. The summed E-state index contributed by atoms with van der Waals surface area (Å²) in [6.07, 6.45) is -2.24. The van der Waals surface area contributed by atoms with Gasteiger partial charge in [-0.15, -0.1) is 0 Å². The van der Waals surface area contributed by atoms with Crippen LogP contribution in [0.25, 0.3) is 0 Å². The van der Waals surface area contributed by atoms with E-state index in [0.29, 0.717) is 13.0 Å². The van der Waals surface area contributed by atoms with Gasteiger partial charge in [0.25, 0.3) is 0 Å². The molecule has 0 heterocycles. The number of aliphatic hydroxyl groups is 2. The summed E-state index contributed by atoms with van der Waals surface area (Å²) in [4.78, 5) is 0.